The van der Waals surface area contributed by atoms with Gasteiger partial charge in [0.25, 0.3) is 15.9 Å². The molecule has 0 fully saturated rings. The molecular weight excluding hydrogens is 470 g/mol. The number of sulfonamides is 1. The molecule has 10 heteroatoms. The van der Waals surface area contributed by atoms with Crippen molar-refractivity contribution >= 4 is 59.9 Å². The summed E-state index contributed by atoms with van der Waals surface area (Å²) < 4.78 is 34.1. The third-order valence-corrected chi connectivity index (χ3v) is 7.48. The van der Waals surface area contributed by atoms with E-state index in [1.807, 2.05) is 13.0 Å². The van der Waals surface area contributed by atoms with E-state index < -0.39 is 15.9 Å². The number of nitrogens with zero attached hydrogens (tertiary/aromatic N) is 1. The van der Waals surface area contributed by atoms with Gasteiger partial charge in [0.15, 0.2) is 5.13 Å². The standard InChI is InChI=1S/C22H18ClN3O4S2/c1-13-17(23)11-12-19-20(13)24-22(31-19)25-21(27)16-5-3-4-6-18(16)26-32(28,29)15-9-7-14(30-2)8-10-15/h3-12,26H,1-2H3,(H,24,25,27). The maximum absolute atomic E-state index is 12.9. The van der Waals surface area contributed by atoms with E-state index in [-0.39, 0.29) is 16.1 Å². The highest BCUT2D eigenvalue weighted by Crippen LogP contribution is 2.32. The van der Waals surface area contributed by atoms with Crippen molar-refractivity contribution in [3.05, 3.63) is 76.8 Å². The Kier molecular flexibility index (Phi) is 6.05. The molecule has 3 aromatic carbocycles. The monoisotopic (exact) mass is 487 g/mol. The second-order valence-electron chi connectivity index (χ2n) is 6.82. The van der Waals surface area contributed by atoms with E-state index in [4.69, 9.17) is 16.3 Å². The molecule has 4 aromatic rings. The van der Waals surface area contributed by atoms with Crippen LogP contribution < -0.4 is 14.8 Å². The number of rotatable bonds is 6. The van der Waals surface area contributed by atoms with Gasteiger partial charge >= 0.3 is 0 Å². The Balaban J connectivity index is 1.60. The zero-order valence-electron chi connectivity index (χ0n) is 17.0. The summed E-state index contributed by atoms with van der Waals surface area (Å²) in [4.78, 5) is 17.5. The molecule has 1 aromatic heterocycles. The van der Waals surface area contributed by atoms with Gasteiger partial charge in [-0.1, -0.05) is 35.1 Å². The van der Waals surface area contributed by atoms with Gasteiger partial charge in [-0.25, -0.2) is 13.4 Å². The minimum atomic E-state index is -3.91. The molecule has 32 heavy (non-hydrogen) atoms. The number of aryl methyl sites for hydroxylation is 1. The zero-order chi connectivity index (χ0) is 22.9. The van der Waals surface area contributed by atoms with Crippen LogP contribution in [0.1, 0.15) is 15.9 Å². The fraction of sp³-hybridized carbons (Fsp3) is 0.0909. The molecule has 0 aliphatic rings. The molecule has 0 spiro atoms. The Bertz CT molecular complexity index is 1420. The fourth-order valence-corrected chi connectivity index (χ4v) is 5.20. The van der Waals surface area contributed by atoms with Crippen LogP contribution >= 0.6 is 22.9 Å². The summed E-state index contributed by atoms with van der Waals surface area (Å²) in [5.74, 6) is 0.0527. The minimum Gasteiger partial charge on any atom is -0.497 e. The number of anilines is 2. The first kappa shape index (κ1) is 22.1. The third kappa shape index (κ3) is 4.40. The third-order valence-electron chi connectivity index (χ3n) is 4.75. The average molecular weight is 488 g/mol. The maximum Gasteiger partial charge on any atom is 0.261 e. The van der Waals surface area contributed by atoms with Crippen LogP contribution in [-0.4, -0.2) is 26.4 Å². The Hall–Kier alpha value is -3.14. The molecule has 0 unspecified atom stereocenters. The number of hydrogen-bond acceptors (Lipinski definition) is 6. The first-order valence-electron chi connectivity index (χ1n) is 9.41. The normalized spacial score (nSPS) is 11.3. The van der Waals surface area contributed by atoms with Gasteiger partial charge in [-0.15, -0.1) is 0 Å². The van der Waals surface area contributed by atoms with Crippen molar-refractivity contribution in [2.45, 2.75) is 11.8 Å². The van der Waals surface area contributed by atoms with E-state index in [1.54, 1.807) is 30.3 Å². The smallest absolute Gasteiger partial charge is 0.261 e. The van der Waals surface area contributed by atoms with Crippen LogP contribution in [0.25, 0.3) is 10.2 Å². The summed E-state index contributed by atoms with van der Waals surface area (Å²) in [6.45, 7) is 1.86. The molecule has 164 valence electrons. The number of benzene rings is 3. The number of thiazole rings is 1. The van der Waals surface area contributed by atoms with Crippen LogP contribution in [0.5, 0.6) is 5.75 Å². The number of aromatic nitrogens is 1. The summed E-state index contributed by atoms with van der Waals surface area (Å²) >= 11 is 7.46. The highest BCUT2D eigenvalue weighted by molar-refractivity contribution is 7.92. The van der Waals surface area contributed by atoms with Crippen LogP contribution in [0.3, 0.4) is 0 Å². The van der Waals surface area contributed by atoms with Crippen molar-refractivity contribution in [3.63, 3.8) is 0 Å². The first-order valence-corrected chi connectivity index (χ1v) is 12.1. The maximum atomic E-state index is 12.9. The molecule has 1 heterocycles. The molecule has 0 radical (unpaired) electrons. The number of fused-ring (bicyclic) bond motifs is 1. The van der Waals surface area contributed by atoms with Gasteiger partial charge in [0.05, 0.1) is 33.5 Å². The highest BCUT2D eigenvalue weighted by Gasteiger charge is 2.20. The van der Waals surface area contributed by atoms with E-state index in [0.29, 0.717) is 21.4 Å². The SMILES string of the molecule is COc1ccc(S(=O)(=O)Nc2ccccc2C(=O)Nc2nc3c(C)c(Cl)ccc3s2)cc1. The lowest BCUT2D eigenvalue weighted by molar-refractivity contribution is 0.102. The van der Waals surface area contributed by atoms with Gasteiger partial charge in [0, 0.05) is 5.02 Å². The Morgan fingerprint density at radius 3 is 2.50 bits per heavy atom. The largest absolute Gasteiger partial charge is 0.497 e. The average Bonchev–Trinajstić information content (AvgIpc) is 3.19. The second-order valence-corrected chi connectivity index (χ2v) is 9.94. The number of hydrogen-bond donors (Lipinski definition) is 2. The van der Waals surface area contributed by atoms with E-state index in [2.05, 4.69) is 15.0 Å². The molecule has 0 aliphatic heterocycles. The van der Waals surface area contributed by atoms with Crippen molar-refractivity contribution in [2.24, 2.45) is 0 Å². The van der Waals surface area contributed by atoms with Crippen molar-refractivity contribution in [1.29, 1.82) is 0 Å². The van der Waals surface area contributed by atoms with Gasteiger partial charge < -0.3 is 4.74 Å². The van der Waals surface area contributed by atoms with E-state index in [1.165, 1.54) is 42.7 Å². The number of methoxy groups -OCH3 is 1. The summed E-state index contributed by atoms with van der Waals surface area (Å²) in [6, 6.07) is 15.9. The lowest BCUT2D eigenvalue weighted by Crippen LogP contribution is -2.18. The first-order chi connectivity index (χ1) is 15.3. The van der Waals surface area contributed by atoms with Gasteiger partial charge in [0.1, 0.15) is 5.75 Å². The van der Waals surface area contributed by atoms with E-state index in [9.17, 15) is 13.2 Å². The molecule has 0 saturated carbocycles. The fourth-order valence-electron chi connectivity index (χ4n) is 3.05. The van der Waals surface area contributed by atoms with Crippen molar-refractivity contribution in [1.82, 2.24) is 4.98 Å². The van der Waals surface area contributed by atoms with Crippen molar-refractivity contribution in [2.75, 3.05) is 17.1 Å². The summed E-state index contributed by atoms with van der Waals surface area (Å²) in [5.41, 5.74) is 1.86. The number of para-hydroxylation sites is 1. The van der Waals surface area contributed by atoms with Crippen LogP contribution in [-0.2, 0) is 10.0 Å². The molecule has 2 N–H and O–H groups in total. The topological polar surface area (TPSA) is 97.4 Å². The number of nitrogens with one attached hydrogen (secondary N) is 2. The van der Waals surface area contributed by atoms with Crippen LogP contribution in [0.2, 0.25) is 5.02 Å². The number of carbonyl (C=O) groups excluding carboxylic acids is 1. The van der Waals surface area contributed by atoms with Crippen LogP contribution in [0, 0.1) is 6.92 Å². The lowest BCUT2D eigenvalue weighted by atomic mass is 10.2. The quantitative estimate of drug-likeness (QED) is 0.383. The van der Waals surface area contributed by atoms with Crippen LogP contribution in [0.15, 0.2) is 65.6 Å². The van der Waals surface area contributed by atoms with Crippen molar-refractivity contribution < 1.29 is 17.9 Å². The molecule has 1 amide bonds. The highest BCUT2D eigenvalue weighted by atomic mass is 35.5. The molecule has 0 atom stereocenters. The Morgan fingerprint density at radius 2 is 1.78 bits per heavy atom. The zero-order valence-corrected chi connectivity index (χ0v) is 19.4. The molecule has 0 aliphatic carbocycles. The predicted molar refractivity (Wildman–Crippen MR) is 128 cm³/mol. The van der Waals surface area contributed by atoms with Crippen LogP contribution in [0.4, 0.5) is 10.8 Å². The number of ether oxygens (including phenoxy) is 1. The summed E-state index contributed by atoms with van der Waals surface area (Å²) in [5, 5.41) is 3.74. The second kappa shape index (κ2) is 8.78. The molecular formula is C22H18ClN3O4S2. The minimum absolute atomic E-state index is 0.0482. The number of halogens is 1. The van der Waals surface area contributed by atoms with Gasteiger partial charge in [-0.2, -0.15) is 0 Å². The lowest BCUT2D eigenvalue weighted by Gasteiger charge is -2.12. The summed E-state index contributed by atoms with van der Waals surface area (Å²) in [7, 11) is -2.41. The molecule has 0 bridgehead atoms. The molecule has 0 saturated heterocycles. The van der Waals surface area contributed by atoms with E-state index >= 15 is 0 Å². The predicted octanol–water partition coefficient (Wildman–Crippen LogP) is 5.32. The van der Waals surface area contributed by atoms with Crippen molar-refractivity contribution in [3.8, 4) is 5.75 Å². The summed E-state index contributed by atoms with van der Waals surface area (Å²) in [6.07, 6.45) is 0. The van der Waals surface area contributed by atoms with Gasteiger partial charge in [0.2, 0.25) is 0 Å². The Labute approximate surface area is 194 Å². The number of amides is 1. The van der Waals surface area contributed by atoms with Gasteiger partial charge in [-0.05, 0) is 61.0 Å². The Morgan fingerprint density at radius 1 is 1.06 bits per heavy atom. The molecule has 7 nitrogen and oxygen atoms in total. The molecule has 4 rings (SSSR count). The van der Waals surface area contributed by atoms with E-state index in [0.717, 1.165) is 10.3 Å². The van der Waals surface area contributed by atoms with Gasteiger partial charge in [-0.3, -0.25) is 14.8 Å². The number of carbonyl (C=O) groups is 1.